The summed E-state index contributed by atoms with van der Waals surface area (Å²) in [5.74, 6) is 0.461. The SMILES string of the molecule is Cc1ccccc1C(=O)N1CCN(Cc2nc(-c3cccc(C(F)(F)F)c3)no2)CC1. The Kier molecular flexibility index (Phi) is 5.77. The van der Waals surface area contributed by atoms with Gasteiger partial charge in [0.15, 0.2) is 0 Å². The molecule has 0 bridgehead atoms. The van der Waals surface area contributed by atoms with E-state index >= 15 is 0 Å². The van der Waals surface area contributed by atoms with Crippen molar-refractivity contribution in [2.45, 2.75) is 19.6 Å². The molecular weight excluding hydrogens is 409 g/mol. The van der Waals surface area contributed by atoms with Gasteiger partial charge in [-0.25, -0.2) is 0 Å². The molecule has 1 aromatic heterocycles. The molecule has 2 aromatic carbocycles. The van der Waals surface area contributed by atoms with Crippen molar-refractivity contribution in [3.05, 3.63) is 71.1 Å². The molecule has 2 heterocycles. The smallest absolute Gasteiger partial charge is 0.338 e. The van der Waals surface area contributed by atoms with E-state index in [1.165, 1.54) is 12.1 Å². The molecule has 162 valence electrons. The number of aryl methyl sites for hydroxylation is 1. The molecule has 0 N–H and O–H groups in total. The lowest BCUT2D eigenvalue weighted by Crippen LogP contribution is -2.48. The van der Waals surface area contributed by atoms with Crippen LogP contribution in [0.3, 0.4) is 0 Å². The second-order valence-corrected chi connectivity index (χ2v) is 7.47. The number of aromatic nitrogens is 2. The van der Waals surface area contributed by atoms with E-state index in [4.69, 9.17) is 4.52 Å². The minimum atomic E-state index is -4.43. The number of rotatable bonds is 4. The Morgan fingerprint density at radius 2 is 1.81 bits per heavy atom. The fourth-order valence-electron chi connectivity index (χ4n) is 3.55. The van der Waals surface area contributed by atoms with Gasteiger partial charge in [0.25, 0.3) is 5.91 Å². The largest absolute Gasteiger partial charge is 0.416 e. The fraction of sp³-hybridized carbons (Fsp3) is 0.318. The van der Waals surface area contributed by atoms with Crippen molar-refractivity contribution < 1.29 is 22.5 Å². The van der Waals surface area contributed by atoms with E-state index in [0.29, 0.717) is 44.2 Å². The summed E-state index contributed by atoms with van der Waals surface area (Å²) in [6.45, 7) is 4.71. The average molecular weight is 430 g/mol. The highest BCUT2D eigenvalue weighted by Gasteiger charge is 2.31. The third-order valence-corrected chi connectivity index (χ3v) is 5.31. The quantitative estimate of drug-likeness (QED) is 0.626. The van der Waals surface area contributed by atoms with Crippen LogP contribution in [0, 0.1) is 6.92 Å². The molecule has 0 unspecified atom stereocenters. The Bertz CT molecular complexity index is 1070. The summed E-state index contributed by atoms with van der Waals surface area (Å²) < 4.78 is 44.0. The zero-order valence-electron chi connectivity index (χ0n) is 16.9. The number of piperazine rings is 1. The van der Waals surface area contributed by atoms with Crippen molar-refractivity contribution in [3.8, 4) is 11.4 Å². The monoisotopic (exact) mass is 430 g/mol. The number of alkyl halides is 3. The number of hydrogen-bond donors (Lipinski definition) is 0. The number of carbonyl (C=O) groups excluding carboxylic acids is 1. The molecule has 0 atom stereocenters. The number of amides is 1. The van der Waals surface area contributed by atoms with Crippen molar-refractivity contribution in [3.63, 3.8) is 0 Å². The molecule has 1 aliphatic heterocycles. The summed E-state index contributed by atoms with van der Waals surface area (Å²) in [6, 6.07) is 12.3. The number of benzene rings is 2. The van der Waals surface area contributed by atoms with Gasteiger partial charge in [-0.05, 0) is 30.7 Å². The van der Waals surface area contributed by atoms with Crippen LogP contribution in [-0.4, -0.2) is 52.0 Å². The summed E-state index contributed by atoms with van der Waals surface area (Å²) in [5.41, 5.74) is 1.14. The molecule has 6 nitrogen and oxygen atoms in total. The van der Waals surface area contributed by atoms with E-state index in [1.807, 2.05) is 36.1 Å². The molecule has 0 aliphatic carbocycles. The molecule has 3 aromatic rings. The van der Waals surface area contributed by atoms with Gasteiger partial charge in [-0.15, -0.1) is 0 Å². The standard InChI is InChI=1S/C22H21F3N4O2/c1-15-5-2-3-8-18(15)21(30)29-11-9-28(10-12-29)14-19-26-20(27-31-19)16-6-4-7-17(13-16)22(23,24)25/h2-8,13H,9-12,14H2,1H3. The summed E-state index contributed by atoms with van der Waals surface area (Å²) >= 11 is 0. The van der Waals surface area contributed by atoms with Gasteiger partial charge in [0.05, 0.1) is 12.1 Å². The van der Waals surface area contributed by atoms with E-state index in [-0.39, 0.29) is 17.3 Å². The first-order chi connectivity index (χ1) is 14.8. The molecule has 9 heteroatoms. The third kappa shape index (κ3) is 4.77. The first-order valence-corrected chi connectivity index (χ1v) is 9.89. The van der Waals surface area contributed by atoms with Crippen molar-refractivity contribution >= 4 is 5.91 Å². The zero-order chi connectivity index (χ0) is 22.0. The maximum atomic E-state index is 12.9. The van der Waals surface area contributed by atoms with Crippen LogP contribution in [0.5, 0.6) is 0 Å². The fourth-order valence-corrected chi connectivity index (χ4v) is 3.55. The van der Waals surface area contributed by atoms with E-state index in [9.17, 15) is 18.0 Å². The molecule has 1 amide bonds. The van der Waals surface area contributed by atoms with Gasteiger partial charge in [0, 0.05) is 37.3 Å². The molecule has 0 radical (unpaired) electrons. The number of hydrogen-bond acceptors (Lipinski definition) is 5. The van der Waals surface area contributed by atoms with Gasteiger partial charge in [-0.1, -0.05) is 35.5 Å². The number of halogens is 3. The van der Waals surface area contributed by atoms with Crippen molar-refractivity contribution in [2.24, 2.45) is 0 Å². The van der Waals surface area contributed by atoms with Crippen LogP contribution in [-0.2, 0) is 12.7 Å². The Morgan fingerprint density at radius 3 is 2.52 bits per heavy atom. The molecular formula is C22H21F3N4O2. The van der Waals surface area contributed by atoms with Gasteiger partial charge in [-0.3, -0.25) is 9.69 Å². The zero-order valence-corrected chi connectivity index (χ0v) is 16.9. The normalized spacial score (nSPS) is 15.3. The minimum absolute atomic E-state index is 0.0161. The van der Waals surface area contributed by atoms with Crippen molar-refractivity contribution in [1.82, 2.24) is 19.9 Å². The highest BCUT2D eigenvalue weighted by Crippen LogP contribution is 2.31. The van der Waals surface area contributed by atoms with E-state index < -0.39 is 11.7 Å². The maximum Gasteiger partial charge on any atom is 0.416 e. The lowest BCUT2D eigenvalue weighted by atomic mass is 10.1. The van der Waals surface area contributed by atoms with Crippen molar-refractivity contribution in [1.29, 1.82) is 0 Å². The number of nitrogens with zero attached hydrogens (tertiary/aromatic N) is 4. The van der Waals surface area contributed by atoms with E-state index in [2.05, 4.69) is 15.0 Å². The Labute approximate surface area is 177 Å². The Hall–Kier alpha value is -3.20. The lowest BCUT2D eigenvalue weighted by Gasteiger charge is -2.34. The van der Waals surface area contributed by atoms with Gasteiger partial charge in [0.2, 0.25) is 11.7 Å². The van der Waals surface area contributed by atoms with Crippen LogP contribution < -0.4 is 0 Å². The summed E-state index contributed by atoms with van der Waals surface area (Å²) in [4.78, 5) is 20.9. The molecule has 1 aliphatic rings. The molecule has 1 fully saturated rings. The van der Waals surface area contributed by atoms with Crippen LogP contribution in [0.25, 0.3) is 11.4 Å². The van der Waals surface area contributed by atoms with Crippen LogP contribution in [0.2, 0.25) is 0 Å². The molecule has 4 rings (SSSR count). The van der Waals surface area contributed by atoms with Crippen molar-refractivity contribution in [2.75, 3.05) is 26.2 Å². The first-order valence-electron chi connectivity index (χ1n) is 9.89. The summed E-state index contributed by atoms with van der Waals surface area (Å²) in [7, 11) is 0. The van der Waals surface area contributed by atoms with Crippen LogP contribution in [0.15, 0.2) is 53.1 Å². The highest BCUT2D eigenvalue weighted by atomic mass is 19.4. The Morgan fingerprint density at radius 1 is 1.06 bits per heavy atom. The minimum Gasteiger partial charge on any atom is -0.338 e. The van der Waals surface area contributed by atoms with Crippen LogP contribution >= 0.6 is 0 Å². The van der Waals surface area contributed by atoms with Gasteiger partial charge < -0.3 is 9.42 Å². The molecule has 0 spiro atoms. The van der Waals surface area contributed by atoms with E-state index in [1.54, 1.807) is 0 Å². The van der Waals surface area contributed by atoms with Gasteiger partial charge >= 0.3 is 6.18 Å². The first kappa shape index (κ1) is 21.0. The molecule has 1 saturated heterocycles. The summed E-state index contributed by atoms with van der Waals surface area (Å²) in [6.07, 6.45) is -4.43. The topological polar surface area (TPSA) is 62.5 Å². The second kappa shape index (κ2) is 8.50. The summed E-state index contributed by atoms with van der Waals surface area (Å²) in [5, 5.41) is 3.82. The average Bonchev–Trinajstić information content (AvgIpc) is 3.22. The highest BCUT2D eigenvalue weighted by molar-refractivity contribution is 5.95. The predicted octanol–water partition coefficient (Wildman–Crippen LogP) is 4.02. The lowest BCUT2D eigenvalue weighted by molar-refractivity contribution is -0.137. The van der Waals surface area contributed by atoms with E-state index in [0.717, 1.165) is 17.7 Å². The van der Waals surface area contributed by atoms with Gasteiger partial charge in [0.1, 0.15) is 0 Å². The number of carbonyl (C=O) groups is 1. The predicted molar refractivity (Wildman–Crippen MR) is 107 cm³/mol. The Balaban J connectivity index is 1.36. The second-order valence-electron chi connectivity index (χ2n) is 7.47. The maximum absolute atomic E-state index is 12.9. The van der Waals surface area contributed by atoms with Crippen LogP contribution in [0.4, 0.5) is 13.2 Å². The third-order valence-electron chi connectivity index (χ3n) is 5.31. The van der Waals surface area contributed by atoms with Gasteiger partial charge in [-0.2, -0.15) is 18.2 Å². The molecule has 0 saturated carbocycles. The molecule has 31 heavy (non-hydrogen) atoms. The van der Waals surface area contributed by atoms with Crippen LogP contribution in [0.1, 0.15) is 27.4 Å².